The van der Waals surface area contributed by atoms with Crippen LogP contribution in [0.2, 0.25) is 0 Å². The van der Waals surface area contributed by atoms with Gasteiger partial charge in [0.05, 0.1) is 12.5 Å². The highest BCUT2D eigenvalue weighted by molar-refractivity contribution is 5.83. The predicted octanol–water partition coefficient (Wildman–Crippen LogP) is 5.43. The molecular weight excluding hydrogens is 502 g/mol. The largest absolute Gasteiger partial charge is 0.481 e. The zero-order valence-electron chi connectivity index (χ0n) is 24.9. The van der Waals surface area contributed by atoms with Gasteiger partial charge in [0.25, 0.3) is 0 Å². The van der Waals surface area contributed by atoms with E-state index in [0.717, 1.165) is 51.9 Å². The van der Waals surface area contributed by atoms with Crippen molar-refractivity contribution in [2.24, 2.45) is 5.92 Å². The van der Waals surface area contributed by atoms with Gasteiger partial charge in [-0.2, -0.15) is 0 Å². The number of nitrogens with one attached hydrogen (secondary N) is 1. The maximum absolute atomic E-state index is 13.9. The fourth-order valence-electron chi connectivity index (χ4n) is 5.34. The Morgan fingerprint density at radius 1 is 1.05 bits per heavy atom. The predicted molar refractivity (Wildman–Crippen MR) is 161 cm³/mol. The minimum atomic E-state index is -0.995. The van der Waals surface area contributed by atoms with Crippen LogP contribution in [0.4, 0.5) is 0 Å². The molecule has 1 aliphatic heterocycles. The molecule has 7 nitrogen and oxygen atoms in total. The summed E-state index contributed by atoms with van der Waals surface area (Å²) < 4.78 is 0. The van der Waals surface area contributed by atoms with Crippen molar-refractivity contribution >= 4 is 11.9 Å². The average molecular weight is 548 g/mol. The molecule has 40 heavy (non-hydrogen) atoms. The van der Waals surface area contributed by atoms with Gasteiger partial charge in [-0.1, -0.05) is 50.2 Å². The van der Waals surface area contributed by atoms with E-state index in [2.05, 4.69) is 36.2 Å². The van der Waals surface area contributed by atoms with Crippen LogP contribution < -0.4 is 5.32 Å². The molecule has 0 bridgehead atoms. The van der Waals surface area contributed by atoms with Crippen LogP contribution in [0.25, 0.3) is 11.1 Å². The molecule has 0 saturated carbocycles. The van der Waals surface area contributed by atoms with Crippen molar-refractivity contribution in [2.45, 2.75) is 72.2 Å². The molecule has 0 fully saturated rings. The molecule has 2 aromatic rings. The number of carboxylic acids is 1. The number of amides is 1. The molecule has 2 unspecified atom stereocenters. The van der Waals surface area contributed by atoms with Crippen molar-refractivity contribution in [2.75, 3.05) is 20.6 Å². The van der Waals surface area contributed by atoms with Crippen molar-refractivity contribution in [3.8, 4) is 11.1 Å². The van der Waals surface area contributed by atoms with E-state index in [1.807, 2.05) is 71.4 Å². The van der Waals surface area contributed by atoms with Gasteiger partial charge < -0.3 is 25.3 Å². The van der Waals surface area contributed by atoms with Gasteiger partial charge in [0.1, 0.15) is 12.3 Å². The molecule has 3 N–H and O–H groups in total. The second kappa shape index (κ2) is 13.8. The van der Waals surface area contributed by atoms with Crippen LogP contribution >= 0.6 is 0 Å². The average Bonchev–Trinajstić information content (AvgIpc) is 2.86. The van der Waals surface area contributed by atoms with E-state index >= 15 is 0 Å². The minimum Gasteiger partial charge on any atom is -0.481 e. The van der Waals surface area contributed by atoms with E-state index in [4.69, 9.17) is 0 Å². The molecule has 1 amide bonds. The maximum Gasteiger partial charge on any atom is 0.305 e. The number of carbonyl (C=O) groups is 2. The number of aryl methyl sites for hydroxylation is 2. The second-order valence-corrected chi connectivity index (χ2v) is 11.6. The second-order valence-electron chi connectivity index (χ2n) is 11.6. The number of nitrogens with zero attached hydrogens (tertiary/aromatic N) is 2. The molecule has 216 valence electrons. The van der Waals surface area contributed by atoms with E-state index in [0.29, 0.717) is 6.42 Å². The van der Waals surface area contributed by atoms with Gasteiger partial charge in [-0.3, -0.25) is 9.59 Å². The third-order valence-electron chi connectivity index (χ3n) is 7.46. The number of aliphatic hydroxyl groups is 1. The summed E-state index contributed by atoms with van der Waals surface area (Å²) in [6, 6.07) is 12.5. The lowest BCUT2D eigenvalue weighted by Crippen LogP contribution is -2.50. The van der Waals surface area contributed by atoms with E-state index < -0.39 is 24.3 Å². The van der Waals surface area contributed by atoms with Gasteiger partial charge >= 0.3 is 5.97 Å². The molecule has 2 aromatic carbocycles. The number of aliphatic carboxylic acids is 1. The van der Waals surface area contributed by atoms with Crippen molar-refractivity contribution in [3.05, 3.63) is 82.6 Å². The van der Waals surface area contributed by atoms with Crippen LogP contribution in [-0.2, 0) is 9.59 Å². The Labute approximate surface area is 239 Å². The summed E-state index contributed by atoms with van der Waals surface area (Å²) in [6.07, 6.45) is 3.81. The molecule has 1 aliphatic rings. The molecule has 0 spiro atoms. The van der Waals surface area contributed by atoms with Crippen LogP contribution in [0.15, 0.2) is 65.9 Å². The quantitative estimate of drug-likeness (QED) is 0.328. The first kappa shape index (κ1) is 31.1. The van der Waals surface area contributed by atoms with Gasteiger partial charge in [0.15, 0.2) is 0 Å². The molecule has 3 rings (SSSR count). The van der Waals surface area contributed by atoms with Gasteiger partial charge in [-0.15, -0.1) is 0 Å². The van der Waals surface area contributed by atoms with E-state index in [1.165, 1.54) is 0 Å². The van der Waals surface area contributed by atoms with E-state index in [-0.39, 0.29) is 18.2 Å². The Morgan fingerprint density at radius 2 is 1.70 bits per heavy atom. The van der Waals surface area contributed by atoms with Crippen LogP contribution in [0, 0.1) is 19.8 Å². The SMILES string of the molecule is CC1=CC(O)N(C(CC(C)C)C(=O)N[C@@H](CC(=O)O)c2cccc(-c3c(C)cccc3C)c2)C=C1CCN(C)C. The highest BCUT2D eigenvalue weighted by atomic mass is 16.4. The molecule has 7 heteroatoms. The summed E-state index contributed by atoms with van der Waals surface area (Å²) >= 11 is 0. The fraction of sp³-hybridized carbons (Fsp3) is 0.455. The number of rotatable bonds is 12. The van der Waals surface area contributed by atoms with E-state index in [1.54, 1.807) is 11.0 Å². The number of carboxylic acid groups (broad SMARTS) is 1. The smallest absolute Gasteiger partial charge is 0.305 e. The number of allylic oxidation sites excluding steroid dienone is 1. The molecule has 0 radical (unpaired) electrons. The van der Waals surface area contributed by atoms with Gasteiger partial charge in [0.2, 0.25) is 5.91 Å². The zero-order valence-corrected chi connectivity index (χ0v) is 24.9. The monoisotopic (exact) mass is 547 g/mol. The standard InChI is InChI=1S/C33H45N3O4/c1-21(2)16-29(36-20-27(14-15-35(6)7)24(5)17-30(36)37)33(40)34-28(19-31(38)39)25-12-9-13-26(18-25)32-22(3)10-8-11-23(32)4/h8-13,17-18,20-21,28-30,37H,14-16,19H2,1-7H3,(H,34,40)(H,38,39)/t28-,29?,30?/m0/s1. The Balaban J connectivity index is 1.95. The molecule has 3 atom stereocenters. The third kappa shape index (κ3) is 8.05. The molecule has 1 heterocycles. The highest BCUT2D eigenvalue weighted by Crippen LogP contribution is 2.31. The summed E-state index contributed by atoms with van der Waals surface area (Å²) in [7, 11) is 4.03. The lowest BCUT2D eigenvalue weighted by molar-refractivity contribution is -0.138. The first-order chi connectivity index (χ1) is 18.9. The lowest BCUT2D eigenvalue weighted by atomic mass is 9.92. The van der Waals surface area contributed by atoms with Crippen LogP contribution in [0.3, 0.4) is 0 Å². The molecule has 0 saturated heterocycles. The number of benzene rings is 2. The molecule has 0 aromatic heterocycles. The van der Waals surface area contributed by atoms with Crippen molar-refractivity contribution in [3.63, 3.8) is 0 Å². The summed E-state index contributed by atoms with van der Waals surface area (Å²) in [5.74, 6) is -1.11. The molecular formula is C33H45N3O4. The Kier molecular flexibility index (Phi) is 10.7. The lowest BCUT2D eigenvalue weighted by Gasteiger charge is -2.38. The number of hydrogen-bond acceptors (Lipinski definition) is 5. The van der Waals surface area contributed by atoms with Crippen molar-refractivity contribution in [1.82, 2.24) is 15.1 Å². The highest BCUT2D eigenvalue weighted by Gasteiger charge is 2.33. The topological polar surface area (TPSA) is 93.1 Å². The van der Waals surface area contributed by atoms with Gasteiger partial charge in [-0.05, 0) is 105 Å². The Morgan fingerprint density at radius 3 is 2.30 bits per heavy atom. The van der Waals surface area contributed by atoms with Crippen LogP contribution in [-0.4, -0.2) is 64.8 Å². The van der Waals surface area contributed by atoms with Gasteiger partial charge in [-0.25, -0.2) is 0 Å². The van der Waals surface area contributed by atoms with Crippen LogP contribution in [0.1, 0.15) is 62.8 Å². The Bertz CT molecular complexity index is 1240. The van der Waals surface area contributed by atoms with Crippen LogP contribution in [0.5, 0.6) is 0 Å². The van der Waals surface area contributed by atoms with Crippen molar-refractivity contribution in [1.29, 1.82) is 0 Å². The normalized spacial score (nSPS) is 16.9. The van der Waals surface area contributed by atoms with Gasteiger partial charge in [0, 0.05) is 12.7 Å². The Hall–Kier alpha value is -3.42. The molecule has 0 aliphatic carbocycles. The number of aliphatic hydroxyl groups excluding tert-OH is 1. The first-order valence-electron chi connectivity index (χ1n) is 14.1. The minimum absolute atomic E-state index is 0.180. The first-order valence-corrected chi connectivity index (χ1v) is 14.1. The summed E-state index contributed by atoms with van der Waals surface area (Å²) in [6.45, 7) is 11.0. The van der Waals surface area contributed by atoms with Crippen molar-refractivity contribution < 1.29 is 19.8 Å². The zero-order chi connectivity index (χ0) is 29.6. The third-order valence-corrected chi connectivity index (χ3v) is 7.46. The maximum atomic E-state index is 13.9. The summed E-state index contributed by atoms with van der Waals surface area (Å²) in [5.41, 5.74) is 7.16. The number of hydrogen-bond donors (Lipinski definition) is 3. The summed E-state index contributed by atoms with van der Waals surface area (Å²) in [4.78, 5) is 29.6. The number of carbonyl (C=O) groups excluding carboxylic acids is 1. The fourth-order valence-corrected chi connectivity index (χ4v) is 5.34. The summed E-state index contributed by atoms with van der Waals surface area (Å²) in [5, 5.41) is 23.8. The van der Waals surface area contributed by atoms with E-state index in [9.17, 15) is 19.8 Å².